The zero-order valence-corrected chi connectivity index (χ0v) is 18.3. The molecule has 3 aliphatic rings. The molecule has 1 saturated carbocycles. The largest absolute Gasteiger partial charge is 0.421 e. The Kier molecular flexibility index (Phi) is 4.79. The summed E-state index contributed by atoms with van der Waals surface area (Å²) in [5.74, 6) is 0.956. The minimum absolute atomic E-state index is 0.0429. The number of nitrogens with zero attached hydrogens (tertiary/aromatic N) is 5. The first-order valence-corrected chi connectivity index (χ1v) is 11.3. The van der Waals surface area contributed by atoms with Crippen molar-refractivity contribution in [1.29, 1.82) is 0 Å². The molecule has 4 heterocycles. The van der Waals surface area contributed by atoms with Crippen molar-refractivity contribution in [1.82, 2.24) is 20.3 Å². The summed E-state index contributed by atoms with van der Waals surface area (Å²) in [6.07, 6.45) is 2.71. The third-order valence-electron chi connectivity index (χ3n) is 6.51. The van der Waals surface area contributed by atoms with Crippen molar-refractivity contribution in [2.45, 2.75) is 30.8 Å². The van der Waals surface area contributed by atoms with Gasteiger partial charge >= 0.3 is 6.09 Å². The maximum absolute atomic E-state index is 13.1. The fourth-order valence-corrected chi connectivity index (χ4v) is 4.73. The lowest BCUT2D eigenvalue weighted by Crippen LogP contribution is -2.48. The quantitative estimate of drug-likeness (QED) is 0.611. The highest BCUT2D eigenvalue weighted by atomic mass is 16.6. The third-order valence-corrected chi connectivity index (χ3v) is 6.51. The number of benzene rings is 1. The summed E-state index contributed by atoms with van der Waals surface area (Å²) in [6.45, 7) is 1.54. The number of carbonyl (C=O) groups is 2. The molecule has 2 aromatic heterocycles. The number of amides is 2. The lowest BCUT2D eigenvalue weighted by atomic mass is 10.2. The summed E-state index contributed by atoms with van der Waals surface area (Å²) >= 11 is 0. The first-order valence-electron chi connectivity index (χ1n) is 11.3. The number of hydrogen-bond acceptors (Lipinski definition) is 8. The molecule has 2 fully saturated rings. The molecule has 2 aliphatic heterocycles. The van der Waals surface area contributed by atoms with Crippen LogP contribution in [-0.4, -0.2) is 52.1 Å². The van der Waals surface area contributed by atoms with Crippen molar-refractivity contribution in [3.8, 4) is 5.75 Å². The Morgan fingerprint density at radius 3 is 2.76 bits per heavy atom. The van der Waals surface area contributed by atoms with Crippen LogP contribution in [-0.2, 0) is 0 Å². The van der Waals surface area contributed by atoms with Crippen molar-refractivity contribution in [3.05, 3.63) is 66.1 Å². The molecule has 3 N–H and O–H groups in total. The number of carbonyl (C=O) groups excluding carboxylic acids is 2. The second kappa shape index (κ2) is 7.98. The first kappa shape index (κ1) is 20.4. The number of hydrogen-bond donors (Lipinski definition) is 2. The van der Waals surface area contributed by atoms with E-state index in [1.54, 1.807) is 29.3 Å². The highest BCUT2D eigenvalue weighted by Crippen LogP contribution is 2.41. The van der Waals surface area contributed by atoms with Crippen LogP contribution in [0.4, 0.5) is 22.2 Å². The number of para-hydroxylation sites is 1. The number of nitrogens with one attached hydrogen (secondary N) is 1. The van der Waals surface area contributed by atoms with Gasteiger partial charge in [-0.05, 0) is 43.2 Å². The van der Waals surface area contributed by atoms with Crippen LogP contribution >= 0.6 is 0 Å². The van der Waals surface area contributed by atoms with E-state index >= 15 is 0 Å². The van der Waals surface area contributed by atoms with Gasteiger partial charge in [0.25, 0.3) is 5.91 Å². The van der Waals surface area contributed by atoms with E-state index in [-0.39, 0.29) is 35.6 Å². The van der Waals surface area contributed by atoms with E-state index in [1.807, 2.05) is 30.3 Å². The van der Waals surface area contributed by atoms with E-state index in [0.29, 0.717) is 11.6 Å². The SMILES string of the molecule is Nc1nccc(C2CC2NC(=O)c2ccc3c(n2)N(C(=O)Oc2ccccc2)[C@H]2CCN3C2)n1. The van der Waals surface area contributed by atoms with Crippen LogP contribution in [0.2, 0.25) is 0 Å². The summed E-state index contributed by atoms with van der Waals surface area (Å²) in [7, 11) is 0. The average Bonchev–Trinajstić information content (AvgIpc) is 3.49. The van der Waals surface area contributed by atoms with Gasteiger partial charge in [0, 0.05) is 31.2 Å². The smallest absolute Gasteiger partial charge is 0.410 e. The lowest BCUT2D eigenvalue weighted by Gasteiger charge is -2.35. The predicted octanol–water partition coefficient (Wildman–Crippen LogP) is 2.34. The van der Waals surface area contributed by atoms with Gasteiger partial charge in [0.2, 0.25) is 5.95 Å². The van der Waals surface area contributed by atoms with Gasteiger partial charge in [-0.1, -0.05) is 18.2 Å². The van der Waals surface area contributed by atoms with Crippen LogP contribution in [0.3, 0.4) is 0 Å². The number of nitrogen functional groups attached to an aromatic ring is 1. The highest BCUT2D eigenvalue weighted by Gasteiger charge is 2.43. The van der Waals surface area contributed by atoms with Crippen molar-refractivity contribution in [3.63, 3.8) is 0 Å². The van der Waals surface area contributed by atoms with Crippen molar-refractivity contribution in [2.24, 2.45) is 0 Å². The number of aromatic nitrogens is 3. The standard InChI is InChI=1S/C24H23N7O3/c25-23-26-10-8-17(29-23)16-12-19(16)28-22(32)18-6-7-20-21(27-18)31(14-9-11-30(20)13-14)24(33)34-15-4-2-1-3-5-15/h1-8,10,14,16,19H,9,11-13H2,(H,28,32)(H2,25,26,29)/t14-,16?,19?/m0/s1. The summed E-state index contributed by atoms with van der Waals surface area (Å²) in [5, 5.41) is 3.02. The van der Waals surface area contributed by atoms with Gasteiger partial charge in [0.1, 0.15) is 11.4 Å². The number of ether oxygens (including phenoxy) is 1. The van der Waals surface area contributed by atoms with Crippen molar-refractivity contribution >= 4 is 29.5 Å². The van der Waals surface area contributed by atoms with Crippen LogP contribution in [0.25, 0.3) is 0 Å². The Balaban J connectivity index is 1.22. The molecule has 2 amide bonds. The van der Waals surface area contributed by atoms with Gasteiger partial charge in [0.05, 0.1) is 17.4 Å². The van der Waals surface area contributed by atoms with Crippen LogP contribution in [0, 0.1) is 0 Å². The normalized spacial score (nSPS) is 22.2. The minimum Gasteiger partial charge on any atom is -0.410 e. The summed E-state index contributed by atoms with van der Waals surface area (Å²) in [5.41, 5.74) is 7.58. The molecule has 1 aromatic carbocycles. The topological polar surface area (TPSA) is 127 Å². The zero-order valence-electron chi connectivity index (χ0n) is 18.3. The molecular formula is C24H23N7O3. The molecule has 10 heteroatoms. The van der Waals surface area contributed by atoms with E-state index in [2.05, 4.69) is 25.2 Å². The zero-order chi connectivity index (χ0) is 23.2. The van der Waals surface area contributed by atoms with E-state index in [9.17, 15) is 9.59 Å². The fraction of sp³-hybridized carbons (Fsp3) is 0.292. The van der Waals surface area contributed by atoms with Crippen molar-refractivity contribution < 1.29 is 14.3 Å². The lowest BCUT2D eigenvalue weighted by molar-refractivity contribution is 0.0945. The molecule has 6 rings (SSSR count). The molecule has 2 unspecified atom stereocenters. The van der Waals surface area contributed by atoms with E-state index < -0.39 is 6.09 Å². The number of rotatable bonds is 4. The molecule has 0 spiro atoms. The molecule has 1 aliphatic carbocycles. The Morgan fingerprint density at radius 2 is 1.94 bits per heavy atom. The number of nitrogens with two attached hydrogens (primary N) is 1. The molecule has 3 aromatic rings. The molecule has 2 bridgehead atoms. The second-order valence-corrected chi connectivity index (χ2v) is 8.74. The molecule has 34 heavy (non-hydrogen) atoms. The van der Waals surface area contributed by atoms with Gasteiger partial charge in [-0.3, -0.25) is 9.69 Å². The fourth-order valence-electron chi connectivity index (χ4n) is 4.73. The highest BCUT2D eigenvalue weighted by molar-refractivity contribution is 5.98. The van der Waals surface area contributed by atoms with Gasteiger partial charge in [-0.2, -0.15) is 0 Å². The molecular weight excluding hydrogens is 434 g/mol. The van der Waals surface area contributed by atoms with Crippen LogP contribution in [0.15, 0.2) is 54.7 Å². The predicted molar refractivity (Wildman–Crippen MR) is 125 cm³/mol. The van der Waals surface area contributed by atoms with Crippen LogP contribution in [0.1, 0.15) is 34.9 Å². The molecule has 0 radical (unpaired) electrons. The third kappa shape index (κ3) is 3.66. The maximum atomic E-state index is 13.1. The second-order valence-electron chi connectivity index (χ2n) is 8.74. The van der Waals surface area contributed by atoms with E-state index in [1.165, 1.54) is 0 Å². The minimum atomic E-state index is -0.493. The van der Waals surface area contributed by atoms with E-state index in [0.717, 1.165) is 37.3 Å². The van der Waals surface area contributed by atoms with Crippen molar-refractivity contribution in [2.75, 3.05) is 28.6 Å². The van der Waals surface area contributed by atoms with Gasteiger partial charge in [-0.15, -0.1) is 0 Å². The van der Waals surface area contributed by atoms with Gasteiger partial charge < -0.3 is 20.7 Å². The number of fused-ring (bicyclic) bond motifs is 4. The number of anilines is 3. The Labute approximate surface area is 195 Å². The van der Waals surface area contributed by atoms with Gasteiger partial charge in [-0.25, -0.2) is 19.7 Å². The Bertz CT molecular complexity index is 1270. The maximum Gasteiger partial charge on any atom is 0.421 e. The molecule has 10 nitrogen and oxygen atoms in total. The van der Waals surface area contributed by atoms with Crippen LogP contribution in [0.5, 0.6) is 5.75 Å². The summed E-state index contributed by atoms with van der Waals surface area (Å²) < 4.78 is 5.61. The first-order chi connectivity index (χ1) is 16.6. The summed E-state index contributed by atoms with van der Waals surface area (Å²) in [6, 6.07) is 14.2. The molecule has 172 valence electrons. The average molecular weight is 457 g/mol. The number of pyridine rings is 1. The Hall–Kier alpha value is -4.21. The van der Waals surface area contributed by atoms with Crippen LogP contribution < -0.4 is 25.6 Å². The Morgan fingerprint density at radius 1 is 1.09 bits per heavy atom. The summed E-state index contributed by atoms with van der Waals surface area (Å²) in [4.78, 5) is 42.7. The molecule has 3 atom stereocenters. The molecule has 1 saturated heterocycles. The van der Waals surface area contributed by atoms with Gasteiger partial charge in [0.15, 0.2) is 5.82 Å². The van der Waals surface area contributed by atoms with E-state index in [4.69, 9.17) is 10.5 Å². The monoisotopic (exact) mass is 457 g/mol.